The Morgan fingerprint density at radius 2 is 2.27 bits per heavy atom. The molecule has 0 unspecified atom stereocenters. The van der Waals surface area contributed by atoms with Crippen LogP contribution >= 0.6 is 11.6 Å². The minimum atomic E-state index is -2.86. The molecular formula is C9H7ClF2N2O. The van der Waals surface area contributed by atoms with Crippen molar-refractivity contribution in [2.75, 3.05) is 0 Å². The van der Waals surface area contributed by atoms with E-state index in [2.05, 4.69) is 4.98 Å². The van der Waals surface area contributed by atoms with Gasteiger partial charge in [0.15, 0.2) is 0 Å². The lowest BCUT2D eigenvalue weighted by molar-refractivity contribution is 0.148. The van der Waals surface area contributed by atoms with Gasteiger partial charge in [0.05, 0.1) is 18.1 Å². The van der Waals surface area contributed by atoms with Crippen molar-refractivity contribution in [3.05, 3.63) is 33.2 Å². The number of nitrogens with one attached hydrogen (secondary N) is 1. The molecule has 0 saturated carbocycles. The molecule has 1 aromatic heterocycles. The molecule has 3 nitrogen and oxygen atoms in total. The molecule has 0 atom stereocenters. The Hall–Kier alpha value is -1.41. The van der Waals surface area contributed by atoms with E-state index in [0.717, 1.165) is 0 Å². The fourth-order valence-corrected chi connectivity index (χ4v) is 1.43. The Morgan fingerprint density at radius 3 is 2.73 bits per heavy atom. The predicted molar refractivity (Wildman–Crippen MR) is 50.9 cm³/mol. The van der Waals surface area contributed by atoms with Crippen LogP contribution in [0.1, 0.15) is 23.2 Å². The highest BCUT2D eigenvalue weighted by atomic mass is 35.5. The van der Waals surface area contributed by atoms with Crippen molar-refractivity contribution >= 4 is 11.6 Å². The largest absolute Gasteiger partial charge is 0.325 e. The fraction of sp³-hybridized carbons (Fsp3) is 0.333. The van der Waals surface area contributed by atoms with Crippen LogP contribution in [0, 0.1) is 11.3 Å². The third-order valence-electron chi connectivity index (χ3n) is 1.84. The molecular weight excluding hydrogens is 226 g/mol. The summed E-state index contributed by atoms with van der Waals surface area (Å²) in [6.07, 6.45) is -2.90. The van der Waals surface area contributed by atoms with E-state index in [1.807, 2.05) is 6.07 Å². The van der Waals surface area contributed by atoms with Gasteiger partial charge in [-0.15, -0.1) is 11.6 Å². The summed E-state index contributed by atoms with van der Waals surface area (Å²) in [6, 6.07) is 3.13. The quantitative estimate of drug-likeness (QED) is 0.812. The molecule has 1 rings (SSSR count). The van der Waals surface area contributed by atoms with E-state index in [-0.39, 0.29) is 17.9 Å². The van der Waals surface area contributed by atoms with E-state index in [9.17, 15) is 13.6 Å². The second kappa shape index (κ2) is 4.89. The highest BCUT2D eigenvalue weighted by Crippen LogP contribution is 2.20. The van der Waals surface area contributed by atoms with Gasteiger partial charge in [0.2, 0.25) is 0 Å². The molecule has 0 aliphatic heterocycles. The lowest BCUT2D eigenvalue weighted by atomic mass is 10.1. The molecule has 1 heterocycles. The maximum absolute atomic E-state index is 12.4. The van der Waals surface area contributed by atoms with Crippen LogP contribution in [-0.4, -0.2) is 4.98 Å². The minimum Gasteiger partial charge on any atom is -0.325 e. The summed E-state index contributed by atoms with van der Waals surface area (Å²) in [5.41, 5.74) is -1.14. The topological polar surface area (TPSA) is 56.6 Å². The summed E-state index contributed by atoms with van der Waals surface area (Å²) in [4.78, 5) is 13.4. The molecule has 0 aliphatic rings. The SMILES string of the molecule is N#CCc1cc(CCl)c(C(F)F)c(=O)[nH]1. The first-order chi connectivity index (χ1) is 7.10. The van der Waals surface area contributed by atoms with Crippen molar-refractivity contribution in [1.82, 2.24) is 4.98 Å². The molecule has 80 valence electrons. The maximum atomic E-state index is 12.4. The van der Waals surface area contributed by atoms with Gasteiger partial charge in [-0.3, -0.25) is 4.79 Å². The van der Waals surface area contributed by atoms with Crippen molar-refractivity contribution < 1.29 is 8.78 Å². The monoisotopic (exact) mass is 232 g/mol. The fourth-order valence-electron chi connectivity index (χ4n) is 1.21. The first kappa shape index (κ1) is 11.7. The number of alkyl halides is 3. The van der Waals surface area contributed by atoms with Gasteiger partial charge in [-0.05, 0) is 11.6 Å². The van der Waals surface area contributed by atoms with Gasteiger partial charge in [0, 0.05) is 11.6 Å². The van der Waals surface area contributed by atoms with Crippen molar-refractivity contribution in [2.45, 2.75) is 18.7 Å². The third-order valence-corrected chi connectivity index (χ3v) is 2.13. The van der Waals surface area contributed by atoms with Crippen LogP contribution in [0.3, 0.4) is 0 Å². The predicted octanol–water partition coefficient (Wildman–Crippen LogP) is 2.12. The van der Waals surface area contributed by atoms with Gasteiger partial charge in [-0.1, -0.05) is 0 Å². The summed E-state index contributed by atoms with van der Waals surface area (Å²) >= 11 is 5.45. The van der Waals surface area contributed by atoms with Crippen molar-refractivity contribution in [1.29, 1.82) is 5.26 Å². The number of nitrogens with zero attached hydrogens (tertiary/aromatic N) is 1. The molecule has 0 spiro atoms. The molecule has 0 aromatic carbocycles. The molecule has 15 heavy (non-hydrogen) atoms. The molecule has 1 N–H and O–H groups in total. The molecule has 0 amide bonds. The molecule has 0 aliphatic carbocycles. The Labute approximate surface area is 89.3 Å². The second-order valence-electron chi connectivity index (χ2n) is 2.83. The molecule has 0 radical (unpaired) electrons. The highest BCUT2D eigenvalue weighted by molar-refractivity contribution is 6.17. The van der Waals surface area contributed by atoms with Crippen LogP contribution in [-0.2, 0) is 12.3 Å². The van der Waals surface area contributed by atoms with Crippen LogP contribution in [0.15, 0.2) is 10.9 Å². The zero-order valence-corrected chi connectivity index (χ0v) is 8.31. The van der Waals surface area contributed by atoms with Gasteiger partial charge in [0.25, 0.3) is 12.0 Å². The summed E-state index contributed by atoms with van der Waals surface area (Å²) in [7, 11) is 0. The van der Waals surface area contributed by atoms with Crippen LogP contribution in [0.25, 0.3) is 0 Å². The van der Waals surface area contributed by atoms with E-state index >= 15 is 0 Å². The number of hydrogen-bond donors (Lipinski definition) is 1. The van der Waals surface area contributed by atoms with E-state index in [0.29, 0.717) is 5.69 Å². The summed E-state index contributed by atoms with van der Waals surface area (Å²) < 4.78 is 24.9. The normalized spacial score (nSPS) is 10.3. The van der Waals surface area contributed by atoms with Crippen LogP contribution in [0.5, 0.6) is 0 Å². The Morgan fingerprint density at radius 1 is 1.60 bits per heavy atom. The first-order valence-electron chi connectivity index (χ1n) is 4.06. The van der Waals surface area contributed by atoms with E-state index in [4.69, 9.17) is 16.9 Å². The number of H-pyrrole nitrogens is 1. The van der Waals surface area contributed by atoms with Gasteiger partial charge in [-0.25, -0.2) is 8.78 Å². The zero-order chi connectivity index (χ0) is 11.4. The van der Waals surface area contributed by atoms with Crippen LogP contribution in [0.2, 0.25) is 0 Å². The van der Waals surface area contributed by atoms with Crippen LogP contribution in [0.4, 0.5) is 8.78 Å². The number of pyridine rings is 1. The third kappa shape index (κ3) is 2.54. The first-order valence-corrected chi connectivity index (χ1v) is 4.59. The smallest absolute Gasteiger partial charge is 0.269 e. The number of halogens is 3. The number of aromatic nitrogens is 1. The maximum Gasteiger partial charge on any atom is 0.269 e. The molecule has 0 fully saturated rings. The summed E-state index contributed by atoms with van der Waals surface area (Å²) in [5.74, 6) is -0.179. The second-order valence-corrected chi connectivity index (χ2v) is 3.10. The number of nitriles is 1. The van der Waals surface area contributed by atoms with Gasteiger partial charge >= 0.3 is 0 Å². The van der Waals surface area contributed by atoms with Crippen molar-refractivity contribution in [3.63, 3.8) is 0 Å². The molecule has 1 aromatic rings. The molecule has 6 heteroatoms. The van der Waals surface area contributed by atoms with Gasteiger partial charge in [-0.2, -0.15) is 5.26 Å². The zero-order valence-electron chi connectivity index (χ0n) is 7.56. The average molecular weight is 233 g/mol. The van der Waals surface area contributed by atoms with E-state index < -0.39 is 17.5 Å². The Bertz CT molecular complexity index is 450. The van der Waals surface area contributed by atoms with Crippen molar-refractivity contribution in [3.8, 4) is 6.07 Å². The van der Waals surface area contributed by atoms with Crippen molar-refractivity contribution in [2.24, 2.45) is 0 Å². The number of aromatic amines is 1. The van der Waals surface area contributed by atoms with Gasteiger partial charge in [0.1, 0.15) is 0 Å². The van der Waals surface area contributed by atoms with E-state index in [1.165, 1.54) is 6.07 Å². The Kier molecular flexibility index (Phi) is 3.81. The highest BCUT2D eigenvalue weighted by Gasteiger charge is 2.17. The van der Waals surface area contributed by atoms with E-state index in [1.54, 1.807) is 0 Å². The lowest BCUT2D eigenvalue weighted by Gasteiger charge is -2.06. The number of rotatable bonds is 3. The average Bonchev–Trinajstić information content (AvgIpc) is 2.16. The minimum absolute atomic E-state index is 0.0390. The summed E-state index contributed by atoms with van der Waals surface area (Å²) in [6.45, 7) is 0. The standard InChI is InChI=1S/C9H7ClF2N2O/c10-4-5-3-6(1-2-13)14-9(15)7(5)8(11)12/h3,8H,1,4H2,(H,14,15). The lowest BCUT2D eigenvalue weighted by Crippen LogP contribution is -2.17. The van der Waals surface area contributed by atoms with Crippen LogP contribution < -0.4 is 5.56 Å². The Balaban J connectivity index is 3.32. The number of hydrogen-bond acceptors (Lipinski definition) is 2. The summed E-state index contributed by atoms with van der Waals surface area (Å²) in [5, 5.41) is 8.40. The van der Waals surface area contributed by atoms with Gasteiger partial charge < -0.3 is 4.98 Å². The molecule has 0 bridgehead atoms. The molecule has 0 saturated heterocycles.